The molecule has 2 aromatic rings. The van der Waals surface area contributed by atoms with Gasteiger partial charge in [-0.15, -0.1) is 0 Å². The molecule has 0 aliphatic heterocycles. The van der Waals surface area contributed by atoms with Gasteiger partial charge in [-0.2, -0.15) is 0 Å². The van der Waals surface area contributed by atoms with Crippen LogP contribution in [0.2, 0.25) is 0 Å². The van der Waals surface area contributed by atoms with E-state index in [0.29, 0.717) is 0 Å². The summed E-state index contributed by atoms with van der Waals surface area (Å²) in [5.41, 5.74) is 7.12. The topological polar surface area (TPSA) is 17.1 Å². The van der Waals surface area contributed by atoms with Gasteiger partial charge in [0.15, 0.2) is 0 Å². The van der Waals surface area contributed by atoms with Crippen molar-refractivity contribution >= 4 is 12.4 Å². The first kappa shape index (κ1) is 12.9. The Morgan fingerprint density at radius 1 is 0.800 bits per heavy atom. The lowest BCUT2D eigenvalue weighted by atomic mass is 9.91. The van der Waals surface area contributed by atoms with Crippen molar-refractivity contribution in [3.63, 3.8) is 0 Å². The summed E-state index contributed by atoms with van der Waals surface area (Å²) in [5, 5.41) is 0. The number of hydrogen-bond acceptors (Lipinski definition) is 1. The fourth-order valence-corrected chi connectivity index (χ4v) is 2.91. The molecular weight excluding hydrogens is 244 g/mol. The standard InChI is InChI=1S/C19H18O/c1-2-16-11-14-3-7-17(16)8-4-15-6-10-18(9-5-14)19(12-15)13-20/h2-3,6-7,10-13H,1,4-5,8-9H2. The van der Waals surface area contributed by atoms with Crippen LogP contribution in [0.25, 0.3) is 6.08 Å². The number of rotatable bonds is 2. The van der Waals surface area contributed by atoms with Crippen molar-refractivity contribution in [3.8, 4) is 0 Å². The van der Waals surface area contributed by atoms with E-state index in [1.54, 1.807) is 0 Å². The minimum absolute atomic E-state index is 0.849. The fourth-order valence-electron chi connectivity index (χ4n) is 2.91. The van der Waals surface area contributed by atoms with E-state index in [1.165, 1.54) is 22.3 Å². The van der Waals surface area contributed by atoms with Crippen molar-refractivity contribution in [2.45, 2.75) is 25.7 Å². The van der Waals surface area contributed by atoms with E-state index in [0.717, 1.165) is 43.1 Å². The third-order valence-electron chi connectivity index (χ3n) is 4.13. The maximum atomic E-state index is 11.2. The maximum Gasteiger partial charge on any atom is 0.150 e. The first-order valence-electron chi connectivity index (χ1n) is 7.11. The molecule has 0 heterocycles. The number of carbonyl (C=O) groups excluding carboxylic acids is 1. The van der Waals surface area contributed by atoms with E-state index in [4.69, 9.17) is 0 Å². The second-order valence-electron chi connectivity index (χ2n) is 5.39. The zero-order chi connectivity index (χ0) is 13.9. The molecule has 0 N–H and O–H groups in total. The van der Waals surface area contributed by atoms with Crippen LogP contribution in [-0.4, -0.2) is 6.29 Å². The van der Waals surface area contributed by atoms with E-state index in [9.17, 15) is 4.79 Å². The van der Waals surface area contributed by atoms with Crippen LogP contribution < -0.4 is 0 Å². The molecule has 2 aromatic carbocycles. The molecule has 0 fully saturated rings. The van der Waals surface area contributed by atoms with Crippen LogP contribution in [0.15, 0.2) is 43.0 Å². The molecule has 100 valence electrons. The predicted molar refractivity (Wildman–Crippen MR) is 83.2 cm³/mol. The summed E-state index contributed by atoms with van der Waals surface area (Å²) in [6.07, 6.45) is 6.75. The van der Waals surface area contributed by atoms with Crippen LogP contribution in [0.3, 0.4) is 0 Å². The van der Waals surface area contributed by atoms with Crippen LogP contribution in [0.5, 0.6) is 0 Å². The number of aldehydes is 1. The fraction of sp³-hybridized carbons (Fsp3) is 0.211. The highest BCUT2D eigenvalue weighted by atomic mass is 16.1. The summed E-state index contributed by atoms with van der Waals surface area (Å²) in [4.78, 5) is 11.2. The molecule has 4 aliphatic carbocycles. The third-order valence-corrected chi connectivity index (χ3v) is 4.13. The molecular formula is C19H18O. The Morgan fingerprint density at radius 2 is 1.35 bits per heavy atom. The molecule has 1 heteroatoms. The lowest BCUT2D eigenvalue weighted by Gasteiger charge is -2.13. The maximum absolute atomic E-state index is 11.2. The van der Waals surface area contributed by atoms with Crippen LogP contribution >= 0.6 is 0 Å². The van der Waals surface area contributed by atoms with Crippen molar-refractivity contribution in [2.75, 3.05) is 0 Å². The lowest BCUT2D eigenvalue weighted by Crippen LogP contribution is -2.03. The van der Waals surface area contributed by atoms with E-state index < -0.39 is 0 Å². The Morgan fingerprint density at radius 3 is 1.90 bits per heavy atom. The largest absolute Gasteiger partial charge is 0.298 e. The highest BCUT2D eigenvalue weighted by molar-refractivity contribution is 5.77. The number of hydrogen-bond donors (Lipinski definition) is 0. The molecule has 0 atom stereocenters. The molecule has 4 aliphatic rings. The molecule has 0 unspecified atom stereocenters. The number of benzene rings is 2. The monoisotopic (exact) mass is 262 g/mol. The predicted octanol–water partition coefficient (Wildman–Crippen LogP) is 4.03. The van der Waals surface area contributed by atoms with E-state index >= 15 is 0 Å². The Hall–Kier alpha value is -2.15. The first-order chi connectivity index (χ1) is 9.80. The molecule has 1 nitrogen and oxygen atoms in total. The van der Waals surface area contributed by atoms with E-state index in [2.05, 4.69) is 36.9 Å². The molecule has 0 saturated heterocycles. The molecule has 0 saturated carbocycles. The van der Waals surface area contributed by atoms with Gasteiger partial charge in [-0.25, -0.2) is 0 Å². The van der Waals surface area contributed by atoms with Crippen molar-refractivity contribution in [1.82, 2.24) is 0 Å². The lowest BCUT2D eigenvalue weighted by molar-refractivity contribution is 0.112. The van der Waals surface area contributed by atoms with Gasteiger partial charge in [0.1, 0.15) is 6.29 Å². The molecule has 20 heavy (non-hydrogen) atoms. The van der Waals surface area contributed by atoms with Gasteiger partial charge in [-0.3, -0.25) is 4.79 Å². The van der Waals surface area contributed by atoms with Crippen molar-refractivity contribution in [1.29, 1.82) is 0 Å². The molecule has 0 spiro atoms. The van der Waals surface area contributed by atoms with Gasteiger partial charge in [-0.1, -0.05) is 43.0 Å². The van der Waals surface area contributed by atoms with E-state index in [1.807, 2.05) is 12.1 Å². The summed E-state index contributed by atoms with van der Waals surface area (Å²) in [7, 11) is 0. The van der Waals surface area contributed by atoms with Crippen LogP contribution in [0.1, 0.15) is 38.2 Å². The van der Waals surface area contributed by atoms with Crippen LogP contribution in [-0.2, 0) is 25.7 Å². The van der Waals surface area contributed by atoms with Crippen LogP contribution in [0, 0.1) is 0 Å². The summed E-state index contributed by atoms with van der Waals surface area (Å²) in [6.45, 7) is 3.92. The van der Waals surface area contributed by atoms with Crippen molar-refractivity contribution < 1.29 is 4.79 Å². The normalized spacial score (nSPS) is 13.6. The Balaban J connectivity index is 2.06. The van der Waals surface area contributed by atoms with Gasteiger partial charge in [0.25, 0.3) is 0 Å². The third kappa shape index (κ3) is 2.44. The minimum atomic E-state index is 0.849. The van der Waals surface area contributed by atoms with Gasteiger partial charge in [0.05, 0.1) is 0 Å². The zero-order valence-electron chi connectivity index (χ0n) is 11.6. The van der Waals surface area contributed by atoms with Gasteiger partial charge in [-0.05, 0) is 59.6 Å². The van der Waals surface area contributed by atoms with Gasteiger partial charge >= 0.3 is 0 Å². The summed E-state index contributed by atoms with van der Waals surface area (Å²) in [5.74, 6) is 0. The average Bonchev–Trinajstić information content (AvgIpc) is 2.49. The summed E-state index contributed by atoms with van der Waals surface area (Å²) in [6, 6.07) is 13.0. The summed E-state index contributed by atoms with van der Waals surface area (Å²) >= 11 is 0. The number of aryl methyl sites for hydroxylation is 4. The molecule has 0 radical (unpaired) electrons. The SMILES string of the molecule is C=Cc1cc2ccc1CCc1ccc(c(C=O)c1)CC2. The average molecular weight is 262 g/mol. The molecule has 0 aromatic heterocycles. The molecule has 0 amide bonds. The second-order valence-corrected chi connectivity index (χ2v) is 5.39. The van der Waals surface area contributed by atoms with Crippen molar-refractivity contribution in [2.24, 2.45) is 0 Å². The minimum Gasteiger partial charge on any atom is -0.298 e. The highest BCUT2D eigenvalue weighted by Crippen LogP contribution is 2.21. The molecule has 4 bridgehead atoms. The first-order valence-corrected chi connectivity index (χ1v) is 7.11. The second kappa shape index (κ2) is 5.46. The van der Waals surface area contributed by atoms with Gasteiger partial charge in [0.2, 0.25) is 0 Å². The van der Waals surface area contributed by atoms with Gasteiger partial charge in [0, 0.05) is 5.56 Å². The molecule has 6 rings (SSSR count). The summed E-state index contributed by atoms with van der Waals surface area (Å²) < 4.78 is 0. The highest BCUT2D eigenvalue weighted by Gasteiger charge is 2.09. The zero-order valence-corrected chi connectivity index (χ0v) is 11.6. The van der Waals surface area contributed by atoms with Gasteiger partial charge < -0.3 is 0 Å². The Bertz CT molecular complexity index is 608. The Labute approximate surface area is 120 Å². The van der Waals surface area contributed by atoms with Crippen molar-refractivity contribution in [3.05, 3.63) is 76.4 Å². The van der Waals surface area contributed by atoms with Crippen LogP contribution in [0.4, 0.5) is 0 Å². The number of carbonyl (C=O) groups is 1. The van der Waals surface area contributed by atoms with E-state index in [-0.39, 0.29) is 0 Å². The Kier molecular flexibility index (Phi) is 3.51. The quantitative estimate of drug-likeness (QED) is 0.747. The smallest absolute Gasteiger partial charge is 0.150 e.